The zero-order valence-corrected chi connectivity index (χ0v) is 13.9. The normalized spacial score (nSPS) is 21.1. The van der Waals surface area contributed by atoms with Gasteiger partial charge in [0.2, 0.25) is 10.0 Å². The second-order valence-corrected chi connectivity index (χ2v) is 7.67. The third-order valence-electron chi connectivity index (χ3n) is 3.93. The fourth-order valence-electron chi connectivity index (χ4n) is 2.74. The number of carbonyl (C=O) groups is 2. The number of nitrogens with one attached hydrogen (secondary N) is 2. The van der Waals surface area contributed by atoms with Crippen molar-refractivity contribution in [3.8, 4) is 0 Å². The fourth-order valence-corrected chi connectivity index (χ4v) is 3.32. The highest BCUT2D eigenvalue weighted by Crippen LogP contribution is 2.25. The molecule has 0 spiro atoms. The fraction of sp³-hybridized carbons (Fsp3) is 0.467. The molecule has 0 saturated heterocycles. The molecule has 0 radical (unpaired) electrons. The van der Waals surface area contributed by atoms with E-state index in [1.807, 2.05) is 0 Å². The lowest BCUT2D eigenvalue weighted by molar-refractivity contribution is -0.142. The number of carboxylic acids is 1. The van der Waals surface area contributed by atoms with Crippen LogP contribution in [0, 0.1) is 11.7 Å². The quantitative estimate of drug-likeness (QED) is 0.739. The van der Waals surface area contributed by atoms with Crippen molar-refractivity contribution in [2.24, 2.45) is 5.92 Å². The van der Waals surface area contributed by atoms with E-state index in [0.717, 1.165) is 18.4 Å². The van der Waals surface area contributed by atoms with Crippen molar-refractivity contribution in [2.45, 2.75) is 31.7 Å². The Morgan fingerprint density at radius 2 is 1.83 bits per heavy atom. The lowest BCUT2D eigenvalue weighted by Gasteiger charge is -2.27. The highest BCUT2D eigenvalue weighted by atomic mass is 32.2. The van der Waals surface area contributed by atoms with Crippen LogP contribution in [0.15, 0.2) is 18.2 Å². The standard InChI is InChI=1S/C15H19FN2O5S/c1-24(22,23)18-13-7-4-10(16)8-12(13)14(19)17-11-5-2-9(3-6-11)15(20)21/h4,7-9,11,18H,2-3,5-6H2,1H3,(H,17,19)(H,20,21). The third-order valence-corrected chi connectivity index (χ3v) is 4.52. The minimum absolute atomic E-state index is 0.00405. The van der Waals surface area contributed by atoms with Crippen LogP contribution in [0.2, 0.25) is 0 Å². The summed E-state index contributed by atoms with van der Waals surface area (Å²) in [5, 5.41) is 11.7. The molecule has 2 rings (SSSR count). The van der Waals surface area contributed by atoms with Crippen LogP contribution in [0.4, 0.5) is 10.1 Å². The van der Waals surface area contributed by atoms with Crippen molar-refractivity contribution in [2.75, 3.05) is 11.0 Å². The number of sulfonamides is 1. The summed E-state index contributed by atoms with van der Waals surface area (Å²) in [6, 6.07) is 2.99. The van der Waals surface area contributed by atoms with Gasteiger partial charge in [-0.25, -0.2) is 12.8 Å². The van der Waals surface area contributed by atoms with E-state index in [2.05, 4.69) is 10.0 Å². The van der Waals surface area contributed by atoms with Gasteiger partial charge < -0.3 is 10.4 Å². The topological polar surface area (TPSA) is 113 Å². The zero-order chi connectivity index (χ0) is 17.9. The van der Waals surface area contributed by atoms with E-state index in [1.165, 1.54) is 6.07 Å². The summed E-state index contributed by atoms with van der Waals surface area (Å²) in [7, 11) is -3.61. The van der Waals surface area contributed by atoms with E-state index in [1.54, 1.807) is 0 Å². The van der Waals surface area contributed by atoms with E-state index >= 15 is 0 Å². The molecule has 0 unspecified atom stereocenters. The molecular formula is C15H19FN2O5S. The SMILES string of the molecule is CS(=O)(=O)Nc1ccc(F)cc1C(=O)NC1CCC(C(=O)O)CC1. The van der Waals surface area contributed by atoms with Crippen molar-refractivity contribution in [3.05, 3.63) is 29.6 Å². The predicted octanol–water partition coefficient (Wildman–Crippen LogP) is 1.57. The maximum atomic E-state index is 13.4. The van der Waals surface area contributed by atoms with Crippen LogP contribution in [0.5, 0.6) is 0 Å². The van der Waals surface area contributed by atoms with E-state index in [9.17, 15) is 22.4 Å². The number of carboxylic acid groups (broad SMARTS) is 1. The van der Waals surface area contributed by atoms with Gasteiger partial charge in [0.1, 0.15) is 5.82 Å². The van der Waals surface area contributed by atoms with Crippen LogP contribution in [0.3, 0.4) is 0 Å². The van der Waals surface area contributed by atoms with Crippen LogP contribution in [0.1, 0.15) is 36.0 Å². The van der Waals surface area contributed by atoms with Gasteiger partial charge in [0.25, 0.3) is 5.91 Å². The smallest absolute Gasteiger partial charge is 0.306 e. The first kappa shape index (κ1) is 18.2. The average Bonchev–Trinajstić information content (AvgIpc) is 2.48. The Hall–Kier alpha value is -2.16. The Morgan fingerprint density at radius 1 is 1.21 bits per heavy atom. The zero-order valence-electron chi connectivity index (χ0n) is 13.1. The Bertz CT molecular complexity index is 742. The highest BCUT2D eigenvalue weighted by Gasteiger charge is 2.27. The van der Waals surface area contributed by atoms with Crippen molar-refractivity contribution in [3.63, 3.8) is 0 Å². The molecule has 1 saturated carbocycles. The average molecular weight is 358 g/mol. The predicted molar refractivity (Wildman–Crippen MR) is 85.7 cm³/mol. The molecule has 3 N–H and O–H groups in total. The minimum atomic E-state index is -3.61. The second-order valence-electron chi connectivity index (χ2n) is 5.92. The molecule has 1 aliphatic rings. The maximum Gasteiger partial charge on any atom is 0.306 e. The van der Waals surface area contributed by atoms with E-state index < -0.39 is 33.6 Å². The number of benzene rings is 1. The molecule has 24 heavy (non-hydrogen) atoms. The minimum Gasteiger partial charge on any atom is -0.481 e. The molecular weight excluding hydrogens is 339 g/mol. The molecule has 1 amide bonds. The van der Waals surface area contributed by atoms with E-state index in [4.69, 9.17) is 5.11 Å². The molecule has 0 aromatic heterocycles. The molecule has 1 aromatic carbocycles. The largest absolute Gasteiger partial charge is 0.481 e. The van der Waals surface area contributed by atoms with Gasteiger partial charge in [-0.05, 0) is 43.9 Å². The van der Waals surface area contributed by atoms with Gasteiger partial charge in [0.05, 0.1) is 23.4 Å². The Labute approximate surface area is 139 Å². The number of hydrogen-bond acceptors (Lipinski definition) is 4. The van der Waals surface area contributed by atoms with E-state index in [0.29, 0.717) is 25.7 Å². The molecule has 1 aliphatic carbocycles. The second kappa shape index (κ2) is 7.16. The van der Waals surface area contributed by atoms with Gasteiger partial charge in [-0.2, -0.15) is 0 Å². The monoisotopic (exact) mass is 358 g/mol. The molecule has 0 heterocycles. The highest BCUT2D eigenvalue weighted by molar-refractivity contribution is 7.92. The first-order valence-corrected chi connectivity index (χ1v) is 9.36. The summed E-state index contributed by atoms with van der Waals surface area (Å²) in [6.45, 7) is 0. The van der Waals surface area contributed by atoms with Gasteiger partial charge in [0.15, 0.2) is 0 Å². The Balaban J connectivity index is 2.10. The van der Waals surface area contributed by atoms with Crippen LogP contribution < -0.4 is 10.0 Å². The van der Waals surface area contributed by atoms with Crippen LogP contribution in [-0.2, 0) is 14.8 Å². The molecule has 132 valence electrons. The van der Waals surface area contributed by atoms with Gasteiger partial charge in [-0.1, -0.05) is 0 Å². The number of carbonyl (C=O) groups excluding carboxylic acids is 1. The van der Waals surface area contributed by atoms with Gasteiger partial charge in [-0.3, -0.25) is 14.3 Å². The number of anilines is 1. The maximum absolute atomic E-state index is 13.4. The number of aliphatic carboxylic acids is 1. The molecule has 0 bridgehead atoms. The van der Waals surface area contributed by atoms with Gasteiger partial charge in [0, 0.05) is 6.04 Å². The van der Waals surface area contributed by atoms with Crippen molar-refractivity contribution in [1.29, 1.82) is 0 Å². The molecule has 1 fully saturated rings. The number of rotatable bonds is 5. The first-order valence-electron chi connectivity index (χ1n) is 7.46. The van der Waals surface area contributed by atoms with Crippen molar-refractivity contribution >= 4 is 27.6 Å². The summed E-state index contributed by atoms with van der Waals surface area (Å²) >= 11 is 0. The number of hydrogen-bond donors (Lipinski definition) is 3. The summed E-state index contributed by atoms with van der Waals surface area (Å²) in [5.41, 5.74) is -0.114. The van der Waals surface area contributed by atoms with Crippen LogP contribution in [-0.4, -0.2) is 37.7 Å². The lowest BCUT2D eigenvalue weighted by atomic mass is 9.86. The number of halogens is 1. The van der Waals surface area contributed by atoms with Crippen LogP contribution in [0.25, 0.3) is 0 Å². The van der Waals surface area contributed by atoms with Crippen molar-refractivity contribution < 1.29 is 27.5 Å². The summed E-state index contributed by atoms with van der Waals surface area (Å²) in [4.78, 5) is 23.3. The molecule has 0 aliphatic heterocycles. The lowest BCUT2D eigenvalue weighted by Crippen LogP contribution is -2.39. The Morgan fingerprint density at radius 3 is 2.38 bits per heavy atom. The molecule has 7 nitrogen and oxygen atoms in total. The van der Waals surface area contributed by atoms with E-state index in [-0.39, 0.29) is 17.3 Å². The first-order chi connectivity index (χ1) is 11.2. The number of amides is 1. The summed E-state index contributed by atoms with van der Waals surface area (Å²) in [6.07, 6.45) is 2.86. The molecule has 9 heteroatoms. The van der Waals surface area contributed by atoms with Gasteiger partial charge >= 0.3 is 5.97 Å². The summed E-state index contributed by atoms with van der Waals surface area (Å²) < 4.78 is 38.3. The third kappa shape index (κ3) is 4.92. The van der Waals surface area contributed by atoms with Crippen LogP contribution >= 0.6 is 0 Å². The van der Waals surface area contributed by atoms with Crippen molar-refractivity contribution in [1.82, 2.24) is 5.32 Å². The van der Waals surface area contributed by atoms with Gasteiger partial charge in [-0.15, -0.1) is 0 Å². The Kier molecular flexibility index (Phi) is 5.43. The molecule has 0 atom stereocenters. The molecule has 1 aromatic rings. The summed E-state index contributed by atoms with van der Waals surface area (Å²) in [5.74, 6) is -2.51.